The third-order valence-corrected chi connectivity index (χ3v) is 3.49. The Bertz CT molecular complexity index is 474. The van der Waals surface area contributed by atoms with E-state index in [2.05, 4.69) is 24.1 Å². The zero-order valence-corrected chi connectivity index (χ0v) is 10.8. The molecule has 2 rings (SSSR count). The summed E-state index contributed by atoms with van der Waals surface area (Å²) in [5, 5.41) is 13.9. The number of nitrogens with one attached hydrogen (secondary N) is 1. The number of hydrogen-bond donors (Lipinski definition) is 1. The quantitative estimate of drug-likeness (QED) is 0.642. The van der Waals surface area contributed by atoms with Gasteiger partial charge in [0.2, 0.25) is 11.7 Å². The van der Waals surface area contributed by atoms with Gasteiger partial charge in [-0.15, -0.1) is 0 Å². The van der Waals surface area contributed by atoms with E-state index >= 15 is 0 Å². The SMILES string of the molecule is COc1ccc([N+](=O)[O-])c(NCC2CC2(C)C)n1. The van der Waals surface area contributed by atoms with Crippen molar-refractivity contribution in [2.75, 3.05) is 19.0 Å². The number of rotatable bonds is 5. The van der Waals surface area contributed by atoms with Crippen molar-refractivity contribution >= 4 is 11.5 Å². The summed E-state index contributed by atoms with van der Waals surface area (Å²) in [6.07, 6.45) is 1.14. The smallest absolute Gasteiger partial charge is 0.311 e. The van der Waals surface area contributed by atoms with Crippen LogP contribution >= 0.6 is 0 Å². The second-order valence-corrected chi connectivity index (χ2v) is 5.25. The lowest BCUT2D eigenvalue weighted by molar-refractivity contribution is -0.384. The number of pyridine rings is 1. The maximum atomic E-state index is 10.9. The summed E-state index contributed by atoms with van der Waals surface area (Å²) in [5.74, 6) is 1.20. The first-order valence-corrected chi connectivity index (χ1v) is 5.87. The van der Waals surface area contributed by atoms with Gasteiger partial charge in [0, 0.05) is 18.7 Å². The van der Waals surface area contributed by atoms with E-state index in [1.54, 1.807) is 0 Å². The van der Waals surface area contributed by atoms with Crippen molar-refractivity contribution in [2.24, 2.45) is 11.3 Å². The predicted molar refractivity (Wildman–Crippen MR) is 67.8 cm³/mol. The summed E-state index contributed by atoms with van der Waals surface area (Å²) in [4.78, 5) is 14.5. The molecule has 18 heavy (non-hydrogen) atoms. The highest BCUT2D eigenvalue weighted by Gasteiger charge is 2.45. The van der Waals surface area contributed by atoms with Gasteiger partial charge in [-0.1, -0.05) is 13.8 Å². The highest BCUT2D eigenvalue weighted by molar-refractivity contribution is 5.57. The van der Waals surface area contributed by atoms with Gasteiger partial charge in [-0.2, -0.15) is 4.98 Å². The molecule has 0 aromatic carbocycles. The first-order chi connectivity index (χ1) is 8.44. The zero-order chi connectivity index (χ0) is 13.3. The van der Waals surface area contributed by atoms with Crippen molar-refractivity contribution in [3.05, 3.63) is 22.2 Å². The monoisotopic (exact) mass is 251 g/mol. The molecule has 6 heteroatoms. The van der Waals surface area contributed by atoms with E-state index in [-0.39, 0.29) is 11.5 Å². The molecule has 0 radical (unpaired) electrons. The summed E-state index contributed by atoms with van der Waals surface area (Å²) in [7, 11) is 1.49. The molecule has 1 fully saturated rings. The number of nitro groups is 1. The second-order valence-electron chi connectivity index (χ2n) is 5.25. The molecular formula is C12H17N3O3. The van der Waals surface area contributed by atoms with Gasteiger partial charge in [0.05, 0.1) is 12.0 Å². The van der Waals surface area contributed by atoms with Gasteiger partial charge in [-0.25, -0.2) is 0 Å². The predicted octanol–water partition coefficient (Wildman–Crippen LogP) is 2.46. The Balaban J connectivity index is 2.11. The Hall–Kier alpha value is -1.85. The molecule has 98 valence electrons. The lowest BCUT2D eigenvalue weighted by Gasteiger charge is -2.08. The fourth-order valence-corrected chi connectivity index (χ4v) is 1.97. The molecule has 1 aromatic rings. The van der Waals surface area contributed by atoms with E-state index in [1.807, 2.05) is 0 Å². The summed E-state index contributed by atoms with van der Waals surface area (Å²) in [5.41, 5.74) is 0.315. The van der Waals surface area contributed by atoms with Crippen LogP contribution in [-0.2, 0) is 0 Å². The van der Waals surface area contributed by atoms with Gasteiger partial charge in [-0.05, 0) is 17.8 Å². The standard InChI is InChI=1S/C12H17N3O3/c1-12(2)6-8(12)7-13-11-9(15(16)17)4-5-10(14-11)18-3/h4-5,8H,6-7H2,1-3H3,(H,13,14). The summed E-state index contributed by atoms with van der Waals surface area (Å²) in [6.45, 7) is 5.08. The number of anilines is 1. The fourth-order valence-electron chi connectivity index (χ4n) is 1.97. The van der Waals surface area contributed by atoms with Crippen molar-refractivity contribution in [3.63, 3.8) is 0 Å². The molecule has 1 unspecified atom stereocenters. The molecular weight excluding hydrogens is 234 g/mol. The van der Waals surface area contributed by atoms with Crippen LogP contribution in [0.15, 0.2) is 12.1 Å². The summed E-state index contributed by atoms with van der Waals surface area (Å²) >= 11 is 0. The van der Waals surface area contributed by atoms with Crippen LogP contribution < -0.4 is 10.1 Å². The number of nitrogens with zero attached hydrogens (tertiary/aromatic N) is 2. The average Bonchev–Trinajstić information content (AvgIpc) is 2.93. The number of hydrogen-bond acceptors (Lipinski definition) is 5. The van der Waals surface area contributed by atoms with Crippen LogP contribution in [-0.4, -0.2) is 23.6 Å². The largest absolute Gasteiger partial charge is 0.481 e. The van der Waals surface area contributed by atoms with Gasteiger partial charge in [-0.3, -0.25) is 10.1 Å². The van der Waals surface area contributed by atoms with Gasteiger partial charge in [0.15, 0.2) is 0 Å². The minimum atomic E-state index is -0.438. The van der Waals surface area contributed by atoms with E-state index < -0.39 is 4.92 Å². The Morgan fingerprint density at radius 3 is 2.78 bits per heavy atom. The Morgan fingerprint density at radius 2 is 2.28 bits per heavy atom. The van der Waals surface area contributed by atoms with Crippen LogP contribution in [0, 0.1) is 21.4 Å². The van der Waals surface area contributed by atoms with Gasteiger partial charge in [0.1, 0.15) is 0 Å². The van der Waals surface area contributed by atoms with Crippen molar-refractivity contribution in [1.82, 2.24) is 4.98 Å². The first-order valence-electron chi connectivity index (χ1n) is 5.87. The van der Waals surface area contributed by atoms with Crippen LogP contribution in [0.3, 0.4) is 0 Å². The van der Waals surface area contributed by atoms with E-state index in [9.17, 15) is 10.1 Å². The molecule has 0 saturated heterocycles. The van der Waals surface area contributed by atoms with Crippen LogP contribution in [0.25, 0.3) is 0 Å². The van der Waals surface area contributed by atoms with Crippen molar-refractivity contribution in [2.45, 2.75) is 20.3 Å². The molecule has 1 atom stereocenters. The maximum Gasteiger partial charge on any atom is 0.311 e. The minimum absolute atomic E-state index is 0.0192. The van der Waals surface area contributed by atoms with Crippen molar-refractivity contribution in [3.8, 4) is 5.88 Å². The first kappa shape index (κ1) is 12.6. The summed E-state index contributed by atoms with van der Waals surface area (Å²) < 4.78 is 4.98. The molecule has 1 aromatic heterocycles. The van der Waals surface area contributed by atoms with Crippen LogP contribution in [0.2, 0.25) is 0 Å². The molecule has 0 spiro atoms. The van der Waals surface area contributed by atoms with Crippen LogP contribution in [0.1, 0.15) is 20.3 Å². The van der Waals surface area contributed by atoms with Gasteiger partial charge < -0.3 is 10.1 Å². The minimum Gasteiger partial charge on any atom is -0.481 e. The molecule has 0 amide bonds. The zero-order valence-electron chi connectivity index (χ0n) is 10.8. The molecule has 1 aliphatic rings. The third-order valence-electron chi connectivity index (χ3n) is 3.49. The lowest BCUT2D eigenvalue weighted by atomic mass is 10.1. The Labute approximate surface area is 106 Å². The highest BCUT2D eigenvalue weighted by atomic mass is 16.6. The maximum absolute atomic E-state index is 10.9. The second kappa shape index (κ2) is 4.44. The molecule has 0 aliphatic heterocycles. The Morgan fingerprint density at radius 1 is 1.61 bits per heavy atom. The Kier molecular flexibility index (Phi) is 3.11. The molecule has 1 N–H and O–H groups in total. The molecule has 1 saturated carbocycles. The van der Waals surface area contributed by atoms with Crippen molar-refractivity contribution in [1.29, 1.82) is 0 Å². The van der Waals surface area contributed by atoms with E-state index in [0.717, 1.165) is 6.42 Å². The fraction of sp³-hybridized carbons (Fsp3) is 0.583. The normalized spacial score (nSPS) is 20.3. The topological polar surface area (TPSA) is 77.3 Å². The van der Waals surface area contributed by atoms with E-state index in [1.165, 1.54) is 19.2 Å². The van der Waals surface area contributed by atoms with Crippen molar-refractivity contribution < 1.29 is 9.66 Å². The third kappa shape index (κ3) is 2.52. The molecule has 0 bridgehead atoms. The molecule has 1 heterocycles. The van der Waals surface area contributed by atoms with Crippen LogP contribution in [0.4, 0.5) is 11.5 Å². The number of aromatic nitrogens is 1. The lowest BCUT2D eigenvalue weighted by Crippen LogP contribution is -2.10. The molecule has 1 aliphatic carbocycles. The van der Waals surface area contributed by atoms with Gasteiger partial charge >= 0.3 is 5.69 Å². The van der Waals surface area contributed by atoms with Gasteiger partial charge in [0.25, 0.3) is 0 Å². The van der Waals surface area contributed by atoms with E-state index in [0.29, 0.717) is 23.8 Å². The number of methoxy groups -OCH3 is 1. The van der Waals surface area contributed by atoms with E-state index in [4.69, 9.17) is 4.74 Å². The average molecular weight is 251 g/mol. The number of ether oxygens (including phenoxy) is 1. The van der Waals surface area contributed by atoms with Crippen LogP contribution in [0.5, 0.6) is 5.88 Å². The summed E-state index contributed by atoms with van der Waals surface area (Å²) in [6, 6.07) is 2.90. The highest BCUT2D eigenvalue weighted by Crippen LogP contribution is 2.51. The molecule has 6 nitrogen and oxygen atoms in total.